The number of rotatable bonds is 10. The number of carbonyl (C=O) groups excluding carboxylic acids is 2. The number of nitrogens with zero attached hydrogens (tertiary/aromatic N) is 7. The molecule has 2 atom stereocenters. The van der Waals surface area contributed by atoms with Gasteiger partial charge in [-0.1, -0.05) is 5.16 Å². The number of nitrogens with two attached hydrogens (primary N) is 1. The Morgan fingerprint density at radius 2 is 2.16 bits per heavy atom. The van der Waals surface area contributed by atoms with Crippen molar-refractivity contribution in [3.63, 3.8) is 0 Å². The molecule has 4 rings (SSSR count). The fourth-order valence-corrected chi connectivity index (χ4v) is 5.31. The van der Waals surface area contributed by atoms with Gasteiger partial charge in [0.15, 0.2) is 5.13 Å². The lowest BCUT2D eigenvalue weighted by Gasteiger charge is -2.49. The molecule has 1 unspecified atom stereocenters. The van der Waals surface area contributed by atoms with Gasteiger partial charge in [0.1, 0.15) is 23.5 Å². The second-order valence-corrected chi connectivity index (χ2v) is 9.40. The molecule has 19 heteroatoms. The fraction of sp³-hybridized carbons (Fsp3) is 0.444. The SMILES string of the molecule is Nc1nc(/C(=N/OCF)C(=O)NC2C(=O)N3C(C(=O)O)=C(C=NNC=NN4CCNCC4)CS[C@@H]23)ns1. The van der Waals surface area contributed by atoms with E-state index in [9.17, 15) is 23.9 Å². The topological polar surface area (TPSA) is 212 Å². The van der Waals surface area contributed by atoms with Crippen molar-refractivity contribution in [3.05, 3.63) is 17.1 Å². The number of aromatic nitrogens is 2. The van der Waals surface area contributed by atoms with Crippen LogP contribution in [0.15, 0.2) is 26.6 Å². The van der Waals surface area contributed by atoms with E-state index >= 15 is 0 Å². The molecule has 2 amide bonds. The van der Waals surface area contributed by atoms with E-state index in [0.29, 0.717) is 5.57 Å². The zero-order chi connectivity index (χ0) is 26.4. The van der Waals surface area contributed by atoms with Crippen LogP contribution in [0.4, 0.5) is 9.52 Å². The zero-order valence-corrected chi connectivity index (χ0v) is 20.7. The van der Waals surface area contributed by atoms with Crippen LogP contribution in [0.1, 0.15) is 5.82 Å². The van der Waals surface area contributed by atoms with E-state index < -0.39 is 41.8 Å². The quantitative estimate of drug-likeness (QED) is 0.0912. The molecule has 0 aromatic carbocycles. The molecular weight excluding hydrogens is 533 g/mol. The summed E-state index contributed by atoms with van der Waals surface area (Å²) in [6.07, 6.45) is 2.70. The summed E-state index contributed by atoms with van der Waals surface area (Å²) >= 11 is 2.02. The predicted molar refractivity (Wildman–Crippen MR) is 132 cm³/mol. The number of halogens is 1. The van der Waals surface area contributed by atoms with Crippen molar-refractivity contribution < 1.29 is 28.7 Å². The maximum Gasteiger partial charge on any atom is 0.353 e. The van der Waals surface area contributed by atoms with Crippen molar-refractivity contribution in [1.29, 1.82) is 0 Å². The molecule has 0 saturated carbocycles. The maximum atomic E-state index is 12.8. The first kappa shape index (κ1) is 26.2. The number of β-lactam (4-membered cyclic amide) rings is 1. The van der Waals surface area contributed by atoms with Crippen LogP contribution in [-0.4, -0.2) is 111 Å². The van der Waals surface area contributed by atoms with Crippen LogP contribution in [0.5, 0.6) is 0 Å². The van der Waals surface area contributed by atoms with Crippen molar-refractivity contribution >= 4 is 64.5 Å². The number of hydrazone groups is 2. The summed E-state index contributed by atoms with van der Waals surface area (Å²) in [4.78, 5) is 46.8. The van der Waals surface area contributed by atoms with Crippen LogP contribution in [-0.2, 0) is 19.2 Å². The van der Waals surface area contributed by atoms with Crippen LogP contribution in [0.3, 0.4) is 0 Å². The Labute approximate surface area is 217 Å². The lowest BCUT2D eigenvalue weighted by atomic mass is 10.0. The molecular formula is C18H22FN11O5S2. The summed E-state index contributed by atoms with van der Waals surface area (Å²) in [6.45, 7) is 1.86. The third-order valence-electron chi connectivity index (χ3n) is 5.23. The Hall–Kier alpha value is -3.84. The Morgan fingerprint density at radius 1 is 1.38 bits per heavy atom. The zero-order valence-electron chi connectivity index (χ0n) is 19.0. The smallest absolute Gasteiger partial charge is 0.353 e. The van der Waals surface area contributed by atoms with E-state index in [1.54, 1.807) is 0 Å². The number of alkyl halides is 1. The second kappa shape index (κ2) is 11.9. The molecule has 6 N–H and O–H groups in total. The molecule has 2 saturated heterocycles. The summed E-state index contributed by atoms with van der Waals surface area (Å²) in [5.74, 6) is -2.88. The highest BCUT2D eigenvalue weighted by atomic mass is 32.2. The third-order valence-corrected chi connectivity index (χ3v) is 7.07. The van der Waals surface area contributed by atoms with E-state index in [1.165, 1.54) is 24.3 Å². The van der Waals surface area contributed by atoms with E-state index in [4.69, 9.17) is 5.73 Å². The van der Waals surface area contributed by atoms with Gasteiger partial charge in [0.25, 0.3) is 18.7 Å². The molecule has 16 nitrogen and oxygen atoms in total. The number of anilines is 1. The molecule has 2 fully saturated rings. The number of carboxylic acids is 1. The minimum atomic E-state index is -1.32. The molecule has 1 aromatic rings. The largest absolute Gasteiger partial charge is 0.477 e. The lowest BCUT2D eigenvalue weighted by molar-refractivity contribution is -0.150. The van der Waals surface area contributed by atoms with Gasteiger partial charge in [-0.05, 0) is 0 Å². The summed E-state index contributed by atoms with van der Waals surface area (Å²) < 4.78 is 16.3. The van der Waals surface area contributed by atoms with Gasteiger partial charge in [0.05, 0.1) is 6.21 Å². The normalized spacial score (nSPS) is 22.3. The van der Waals surface area contributed by atoms with Crippen LogP contribution in [0.25, 0.3) is 0 Å². The number of carbonyl (C=O) groups is 3. The van der Waals surface area contributed by atoms with Crippen molar-refractivity contribution in [2.45, 2.75) is 11.4 Å². The number of aliphatic carboxylic acids is 1. The first-order valence-electron chi connectivity index (χ1n) is 10.7. The van der Waals surface area contributed by atoms with Crippen LogP contribution < -0.4 is 21.8 Å². The first-order chi connectivity index (χ1) is 17.9. The fourth-order valence-electron chi connectivity index (χ4n) is 3.58. The summed E-state index contributed by atoms with van der Waals surface area (Å²) in [5.41, 5.74) is 7.73. The Kier molecular flexibility index (Phi) is 8.46. The average molecular weight is 556 g/mol. The summed E-state index contributed by atoms with van der Waals surface area (Å²) in [6, 6.07) is -1.07. The molecule has 3 aliphatic heterocycles. The molecule has 0 radical (unpaired) electrons. The molecule has 4 heterocycles. The number of thioether (sulfide) groups is 1. The highest BCUT2D eigenvalue weighted by Crippen LogP contribution is 2.39. The van der Waals surface area contributed by atoms with Gasteiger partial charge < -0.3 is 26.3 Å². The highest BCUT2D eigenvalue weighted by molar-refractivity contribution is 8.00. The Morgan fingerprint density at radius 3 is 2.84 bits per heavy atom. The number of nitrogens with one attached hydrogen (secondary N) is 3. The minimum Gasteiger partial charge on any atom is -0.477 e. The van der Waals surface area contributed by atoms with Gasteiger partial charge in [-0.3, -0.25) is 24.9 Å². The lowest BCUT2D eigenvalue weighted by Crippen LogP contribution is -2.71. The molecule has 198 valence electrons. The molecule has 0 spiro atoms. The van der Waals surface area contributed by atoms with Crippen LogP contribution in [0, 0.1) is 0 Å². The number of nitrogen functional groups attached to an aromatic ring is 1. The number of piperazine rings is 1. The minimum absolute atomic E-state index is 0.0412. The van der Waals surface area contributed by atoms with Crippen molar-refractivity contribution in [1.82, 2.24) is 35.3 Å². The summed E-state index contributed by atoms with van der Waals surface area (Å²) in [7, 11) is 0. The van der Waals surface area contributed by atoms with Crippen LogP contribution >= 0.6 is 23.3 Å². The third kappa shape index (κ3) is 5.94. The predicted octanol–water partition coefficient (Wildman–Crippen LogP) is -2.07. The van der Waals surface area contributed by atoms with Gasteiger partial charge >= 0.3 is 5.97 Å². The van der Waals surface area contributed by atoms with Crippen molar-refractivity contribution in [3.8, 4) is 0 Å². The second-order valence-electron chi connectivity index (χ2n) is 7.51. The highest BCUT2D eigenvalue weighted by Gasteiger charge is 2.54. The van der Waals surface area contributed by atoms with Gasteiger partial charge in [-0.25, -0.2) is 9.18 Å². The average Bonchev–Trinajstić information content (AvgIpc) is 3.33. The number of carboxylic acid groups (broad SMARTS) is 1. The number of amides is 2. The molecule has 0 bridgehead atoms. The van der Waals surface area contributed by atoms with Crippen LogP contribution in [0.2, 0.25) is 0 Å². The van der Waals surface area contributed by atoms with Crippen molar-refractivity contribution in [2.24, 2.45) is 15.4 Å². The van der Waals surface area contributed by atoms with Gasteiger partial charge in [0, 0.05) is 49.0 Å². The van der Waals surface area contributed by atoms with E-state index in [-0.39, 0.29) is 22.4 Å². The molecule has 1 aromatic heterocycles. The van der Waals surface area contributed by atoms with Gasteiger partial charge in [0.2, 0.25) is 11.5 Å². The maximum absolute atomic E-state index is 12.8. The molecule has 0 aliphatic carbocycles. The molecule has 3 aliphatic rings. The number of hydrogen-bond donors (Lipinski definition) is 5. The van der Waals surface area contributed by atoms with Gasteiger partial charge in [-0.15, -0.1) is 11.8 Å². The van der Waals surface area contributed by atoms with Crippen molar-refractivity contribution in [2.75, 3.05) is 44.5 Å². The van der Waals surface area contributed by atoms with E-state index in [0.717, 1.165) is 42.6 Å². The monoisotopic (exact) mass is 555 g/mol. The van der Waals surface area contributed by atoms with Gasteiger partial charge in [-0.2, -0.15) is 19.6 Å². The van der Waals surface area contributed by atoms with E-state index in [1.807, 2.05) is 5.01 Å². The first-order valence-corrected chi connectivity index (χ1v) is 12.6. The standard InChI is InChI=1S/C18H22FN11O5S2/c19-7-35-27-10(13-26-18(20)37-28-13)14(31)25-11-15(32)30-12(17(33)34)9(6-36-16(11)30)5-22-23-8-24-29-3-1-21-2-4-29/h5,8,11,16,21H,1-4,6-7H2,(H,23,24)(H,25,31)(H,33,34)(H2,20,26,28)/b22-5?,27-10-/t11?,16-/m0/s1. The van der Waals surface area contributed by atoms with E-state index in [2.05, 4.69) is 45.6 Å². The molecule has 37 heavy (non-hydrogen) atoms. The number of fused-ring (bicyclic) bond motifs is 1. The Bertz CT molecular complexity index is 1170. The summed E-state index contributed by atoms with van der Waals surface area (Å²) in [5, 5.41) is 28.2. The number of oxime groups is 1. The Balaban J connectivity index is 1.42. The number of hydrogen-bond acceptors (Lipinski definition) is 14.